The number of ether oxygens (including phenoxy) is 2. The Morgan fingerprint density at radius 2 is 2.12 bits per heavy atom. The summed E-state index contributed by atoms with van der Waals surface area (Å²) < 4.78 is 11.5. The Morgan fingerprint density at radius 3 is 2.75 bits per heavy atom. The highest BCUT2D eigenvalue weighted by Crippen LogP contribution is 2.39. The van der Waals surface area contributed by atoms with Crippen molar-refractivity contribution in [2.75, 3.05) is 14.2 Å². The number of oxime groups is 1. The summed E-state index contributed by atoms with van der Waals surface area (Å²) in [4.78, 5) is 0.865. The SMILES string of the molecule is COc1ccc2cc(/C=N\O)sc2c1OC. The first-order valence-corrected chi connectivity index (χ1v) is 5.43. The van der Waals surface area contributed by atoms with Crippen LogP contribution in [0.15, 0.2) is 23.4 Å². The van der Waals surface area contributed by atoms with Gasteiger partial charge in [-0.2, -0.15) is 0 Å². The molecule has 0 aliphatic heterocycles. The number of benzene rings is 1. The Balaban J connectivity index is 2.66. The van der Waals surface area contributed by atoms with Crippen molar-refractivity contribution in [2.45, 2.75) is 0 Å². The topological polar surface area (TPSA) is 51.0 Å². The lowest BCUT2D eigenvalue weighted by Gasteiger charge is -2.07. The van der Waals surface area contributed by atoms with Gasteiger partial charge in [0.25, 0.3) is 0 Å². The smallest absolute Gasteiger partial charge is 0.178 e. The van der Waals surface area contributed by atoms with Crippen LogP contribution >= 0.6 is 11.3 Å². The second-order valence-corrected chi connectivity index (χ2v) is 4.20. The van der Waals surface area contributed by atoms with E-state index in [4.69, 9.17) is 14.7 Å². The minimum Gasteiger partial charge on any atom is -0.493 e. The van der Waals surface area contributed by atoms with Crippen LogP contribution < -0.4 is 9.47 Å². The Hall–Kier alpha value is -1.75. The highest BCUT2D eigenvalue weighted by atomic mass is 32.1. The summed E-state index contributed by atoms with van der Waals surface area (Å²) in [5.74, 6) is 1.41. The largest absolute Gasteiger partial charge is 0.493 e. The molecule has 1 heterocycles. The lowest BCUT2D eigenvalue weighted by atomic mass is 10.2. The summed E-state index contributed by atoms with van der Waals surface area (Å²) in [5, 5.41) is 12.5. The number of nitrogens with zero attached hydrogens (tertiary/aromatic N) is 1. The maximum Gasteiger partial charge on any atom is 0.178 e. The van der Waals surface area contributed by atoms with E-state index < -0.39 is 0 Å². The van der Waals surface area contributed by atoms with Crippen molar-refractivity contribution in [1.82, 2.24) is 0 Å². The van der Waals surface area contributed by atoms with Gasteiger partial charge in [0.15, 0.2) is 11.5 Å². The molecule has 0 saturated carbocycles. The van der Waals surface area contributed by atoms with E-state index in [1.807, 2.05) is 18.2 Å². The Morgan fingerprint density at radius 1 is 1.31 bits per heavy atom. The zero-order valence-corrected chi connectivity index (χ0v) is 9.75. The van der Waals surface area contributed by atoms with Gasteiger partial charge >= 0.3 is 0 Å². The predicted octanol–water partition coefficient (Wildman–Crippen LogP) is 2.73. The van der Waals surface area contributed by atoms with Gasteiger partial charge in [-0.25, -0.2) is 0 Å². The van der Waals surface area contributed by atoms with Gasteiger partial charge in [0.2, 0.25) is 0 Å². The summed E-state index contributed by atoms with van der Waals surface area (Å²) in [6.07, 6.45) is 1.40. The zero-order valence-electron chi connectivity index (χ0n) is 8.93. The van der Waals surface area contributed by atoms with Crippen molar-refractivity contribution in [1.29, 1.82) is 0 Å². The number of thiophene rings is 1. The van der Waals surface area contributed by atoms with Gasteiger partial charge < -0.3 is 14.7 Å². The van der Waals surface area contributed by atoms with Gasteiger partial charge in [0.1, 0.15) is 0 Å². The summed E-state index contributed by atoms with van der Waals surface area (Å²) in [5.41, 5.74) is 0. The first kappa shape index (κ1) is 10.8. The first-order valence-electron chi connectivity index (χ1n) is 4.62. The predicted molar refractivity (Wildman–Crippen MR) is 64.3 cm³/mol. The molecule has 2 rings (SSSR count). The van der Waals surface area contributed by atoms with E-state index in [2.05, 4.69) is 5.16 Å². The standard InChI is InChI=1S/C11H11NO3S/c1-14-9-4-3-7-5-8(6-12-13)16-11(7)10(9)15-2/h3-6,13H,1-2H3/b12-6-. The molecule has 2 aromatic rings. The maximum atomic E-state index is 8.49. The van der Waals surface area contributed by atoms with Gasteiger partial charge in [-0.15, -0.1) is 11.3 Å². The van der Waals surface area contributed by atoms with E-state index in [-0.39, 0.29) is 0 Å². The van der Waals surface area contributed by atoms with Gasteiger partial charge in [-0.05, 0) is 23.6 Å². The fraction of sp³-hybridized carbons (Fsp3) is 0.182. The van der Waals surface area contributed by atoms with E-state index in [1.54, 1.807) is 14.2 Å². The molecule has 0 aliphatic carbocycles. The maximum absolute atomic E-state index is 8.49. The van der Waals surface area contributed by atoms with Crippen LogP contribution in [0.4, 0.5) is 0 Å². The Labute approximate surface area is 96.7 Å². The molecule has 0 amide bonds. The number of fused-ring (bicyclic) bond motifs is 1. The first-order chi connectivity index (χ1) is 7.80. The fourth-order valence-electron chi connectivity index (χ4n) is 1.55. The van der Waals surface area contributed by atoms with E-state index in [0.717, 1.165) is 15.0 Å². The van der Waals surface area contributed by atoms with Crippen LogP contribution in [0.2, 0.25) is 0 Å². The summed E-state index contributed by atoms with van der Waals surface area (Å²) in [6.45, 7) is 0. The lowest BCUT2D eigenvalue weighted by molar-refractivity contribution is 0.322. The monoisotopic (exact) mass is 237 g/mol. The highest BCUT2D eigenvalue weighted by Gasteiger charge is 2.11. The summed E-state index contributed by atoms with van der Waals surface area (Å²) in [6, 6.07) is 5.73. The van der Waals surface area contributed by atoms with Crippen LogP contribution in [0.1, 0.15) is 4.88 Å². The van der Waals surface area contributed by atoms with Gasteiger partial charge in [0, 0.05) is 0 Å². The van der Waals surface area contributed by atoms with Crippen LogP contribution in [0.5, 0.6) is 11.5 Å². The molecule has 16 heavy (non-hydrogen) atoms. The molecule has 0 saturated heterocycles. The van der Waals surface area contributed by atoms with Gasteiger partial charge in [-0.3, -0.25) is 0 Å². The number of hydrogen-bond acceptors (Lipinski definition) is 5. The van der Waals surface area contributed by atoms with E-state index in [1.165, 1.54) is 17.6 Å². The minimum absolute atomic E-state index is 0.698. The Kier molecular flexibility index (Phi) is 2.96. The Bertz CT molecular complexity index is 533. The lowest BCUT2D eigenvalue weighted by Crippen LogP contribution is -1.89. The zero-order chi connectivity index (χ0) is 11.5. The third kappa shape index (κ3) is 1.69. The molecule has 1 N–H and O–H groups in total. The highest BCUT2D eigenvalue weighted by molar-refractivity contribution is 7.21. The molecule has 0 radical (unpaired) electrons. The summed E-state index contributed by atoms with van der Waals surface area (Å²) >= 11 is 1.49. The molecular weight excluding hydrogens is 226 g/mol. The van der Waals surface area contributed by atoms with Crippen molar-refractivity contribution < 1.29 is 14.7 Å². The van der Waals surface area contributed by atoms with Crippen molar-refractivity contribution in [2.24, 2.45) is 5.16 Å². The van der Waals surface area contributed by atoms with Crippen LogP contribution in [-0.4, -0.2) is 25.6 Å². The minimum atomic E-state index is 0.698. The number of hydrogen-bond donors (Lipinski definition) is 1. The van der Waals surface area contributed by atoms with Crippen molar-refractivity contribution in [3.05, 3.63) is 23.1 Å². The molecule has 1 aromatic heterocycles. The van der Waals surface area contributed by atoms with E-state index >= 15 is 0 Å². The molecule has 0 fully saturated rings. The number of methoxy groups -OCH3 is 2. The molecule has 0 spiro atoms. The third-order valence-electron chi connectivity index (χ3n) is 2.23. The van der Waals surface area contributed by atoms with Gasteiger partial charge in [-0.1, -0.05) is 5.16 Å². The molecule has 0 unspecified atom stereocenters. The summed E-state index contributed by atoms with van der Waals surface area (Å²) in [7, 11) is 3.21. The number of rotatable bonds is 3. The van der Waals surface area contributed by atoms with Crippen molar-refractivity contribution in [3.8, 4) is 11.5 Å². The quantitative estimate of drug-likeness (QED) is 0.507. The normalized spacial score (nSPS) is 11.1. The molecule has 1 aromatic carbocycles. The van der Waals surface area contributed by atoms with Gasteiger partial charge in [0.05, 0.1) is 30.0 Å². The third-order valence-corrected chi connectivity index (χ3v) is 3.32. The van der Waals surface area contributed by atoms with Crippen LogP contribution in [0.25, 0.3) is 10.1 Å². The molecule has 0 atom stereocenters. The van der Waals surface area contributed by atoms with Crippen LogP contribution in [0, 0.1) is 0 Å². The molecule has 0 bridgehead atoms. The fourth-order valence-corrected chi connectivity index (χ4v) is 2.60. The van der Waals surface area contributed by atoms with Crippen molar-refractivity contribution >= 4 is 27.6 Å². The van der Waals surface area contributed by atoms with E-state index in [9.17, 15) is 0 Å². The molecule has 5 heteroatoms. The molecular formula is C11H11NO3S. The van der Waals surface area contributed by atoms with Crippen LogP contribution in [-0.2, 0) is 0 Å². The van der Waals surface area contributed by atoms with Crippen molar-refractivity contribution in [3.63, 3.8) is 0 Å². The average molecular weight is 237 g/mol. The second-order valence-electron chi connectivity index (χ2n) is 3.11. The molecule has 0 aliphatic rings. The molecule has 4 nitrogen and oxygen atoms in total. The average Bonchev–Trinajstić information content (AvgIpc) is 2.70. The molecule has 84 valence electrons. The van der Waals surface area contributed by atoms with E-state index in [0.29, 0.717) is 11.5 Å². The second kappa shape index (κ2) is 4.40. The van der Waals surface area contributed by atoms with Crippen LogP contribution in [0.3, 0.4) is 0 Å².